The third-order valence-corrected chi connectivity index (χ3v) is 5.21. The van der Waals surface area contributed by atoms with Crippen LogP contribution in [-0.2, 0) is 19.6 Å². The normalized spacial score (nSPS) is 12.8. The minimum Gasteiger partial charge on any atom is -0.330 e. The quantitative estimate of drug-likeness (QED) is 0.370. The van der Waals surface area contributed by atoms with E-state index in [1.54, 1.807) is 25.1 Å². The van der Waals surface area contributed by atoms with Crippen molar-refractivity contribution < 1.29 is 18.0 Å². The second-order valence-electron chi connectivity index (χ2n) is 5.14. The Bertz CT molecular complexity index is 661. The summed E-state index contributed by atoms with van der Waals surface area (Å²) in [6.45, 7) is 2.08. The Balaban J connectivity index is 3.01. The van der Waals surface area contributed by atoms with E-state index < -0.39 is 33.5 Å². The Kier molecular flexibility index (Phi) is 7.84. The molecule has 0 fully saturated rings. The lowest BCUT2D eigenvalue weighted by Crippen LogP contribution is -2.44. The van der Waals surface area contributed by atoms with Crippen LogP contribution in [0.25, 0.3) is 0 Å². The summed E-state index contributed by atoms with van der Waals surface area (Å²) in [5.41, 5.74) is 5.96. The molecule has 8 heteroatoms. The predicted octanol–water partition coefficient (Wildman–Crippen LogP) is 1.15. The number of rotatable bonds is 10. The van der Waals surface area contributed by atoms with Crippen molar-refractivity contribution in [2.75, 3.05) is 12.4 Å². The topological polar surface area (TPSA) is 106 Å². The molecular weight excluding hydrogens is 340 g/mol. The first-order valence-electron chi connectivity index (χ1n) is 7.24. The second-order valence-corrected chi connectivity index (χ2v) is 7.09. The molecule has 0 aliphatic rings. The maximum atomic E-state index is 12.5. The molecule has 0 saturated heterocycles. The Labute approximate surface area is 141 Å². The third kappa shape index (κ3) is 5.69. The number of Topliss-reactive ketones (excluding diaryl/α,β-unsaturated/α-hetero) is 2. The largest absolute Gasteiger partial charge is 0.330 e. The fourth-order valence-corrected chi connectivity index (χ4v) is 3.71. The molecule has 0 radical (unpaired) electrons. The maximum Gasteiger partial charge on any atom is 0.241 e. The van der Waals surface area contributed by atoms with Gasteiger partial charge in [0.1, 0.15) is 0 Å². The van der Waals surface area contributed by atoms with Crippen LogP contribution in [0.2, 0.25) is 0 Å². The SMILES string of the molecule is Cc1ccccc1S(=O)(=O)NC(CCCCN)C(=O)C(=O)CCl. The van der Waals surface area contributed by atoms with Crippen LogP contribution < -0.4 is 10.5 Å². The van der Waals surface area contributed by atoms with Crippen molar-refractivity contribution >= 4 is 33.2 Å². The van der Waals surface area contributed by atoms with Crippen molar-refractivity contribution in [3.05, 3.63) is 29.8 Å². The van der Waals surface area contributed by atoms with E-state index in [1.807, 2.05) is 0 Å². The number of benzene rings is 1. The van der Waals surface area contributed by atoms with Crippen LogP contribution in [0.5, 0.6) is 0 Å². The van der Waals surface area contributed by atoms with E-state index in [0.717, 1.165) is 0 Å². The van der Waals surface area contributed by atoms with Gasteiger partial charge in [-0.15, -0.1) is 11.6 Å². The summed E-state index contributed by atoms with van der Waals surface area (Å²) in [5.74, 6) is -2.11. The number of nitrogens with one attached hydrogen (secondary N) is 1. The van der Waals surface area contributed by atoms with E-state index in [4.69, 9.17) is 17.3 Å². The predicted molar refractivity (Wildman–Crippen MR) is 88.9 cm³/mol. The standard InChI is InChI=1S/C15H21ClN2O4S/c1-11-6-2-3-8-14(11)23(21,22)18-12(7-4-5-9-17)15(20)13(19)10-16/h2-3,6,8,12,18H,4-5,7,9-10,17H2,1H3. The zero-order valence-electron chi connectivity index (χ0n) is 12.9. The number of carbonyl (C=O) groups excluding carboxylic acids is 2. The molecule has 3 N–H and O–H groups in total. The number of ketones is 2. The lowest BCUT2D eigenvalue weighted by atomic mass is 10.0. The van der Waals surface area contributed by atoms with Crippen LogP contribution in [0.1, 0.15) is 24.8 Å². The first kappa shape index (κ1) is 19.8. The van der Waals surface area contributed by atoms with Gasteiger partial charge in [-0.05, 0) is 37.9 Å². The Morgan fingerprint density at radius 1 is 1.26 bits per heavy atom. The molecule has 0 aromatic heterocycles. The number of hydrogen-bond acceptors (Lipinski definition) is 5. The van der Waals surface area contributed by atoms with Gasteiger partial charge in [-0.2, -0.15) is 0 Å². The Morgan fingerprint density at radius 2 is 1.91 bits per heavy atom. The summed E-state index contributed by atoms with van der Waals surface area (Å²) >= 11 is 5.40. The molecule has 0 heterocycles. The number of carbonyl (C=O) groups is 2. The number of halogens is 1. The van der Waals surface area contributed by atoms with Gasteiger partial charge in [0.05, 0.1) is 16.8 Å². The molecule has 0 bridgehead atoms. The average molecular weight is 361 g/mol. The van der Waals surface area contributed by atoms with E-state index in [2.05, 4.69) is 4.72 Å². The fraction of sp³-hybridized carbons (Fsp3) is 0.467. The van der Waals surface area contributed by atoms with Crippen molar-refractivity contribution in [3.8, 4) is 0 Å². The molecule has 1 aromatic carbocycles. The minimum absolute atomic E-state index is 0.0787. The minimum atomic E-state index is -3.91. The van der Waals surface area contributed by atoms with Crippen LogP contribution in [0.15, 0.2) is 29.2 Å². The lowest BCUT2D eigenvalue weighted by Gasteiger charge is -2.17. The zero-order valence-corrected chi connectivity index (χ0v) is 14.5. The van der Waals surface area contributed by atoms with Crippen LogP contribution in [-0.4, -0.2) is 38.5 Å². The van der Waals surface area contributed by atoms with Crippen LogP contribution >= 0.6 is 11.6 Å². The number of unbranched alkanes of at least 4 members (excludes halogenated alkanes) is 1. The highest BCUT2D eigenvalue weighted by Gasteiger charge is 2.29. The summed E-state index contributed by atoms with van der Waals surface area (Å²) in [6.07, 6.45) is 1.35. The van der Waals surface area contributed by atoms with Gasteiger partial charge in [0.15, 0.2) is 0 Å². The van der Waals surface area contributed by atoms with Crippen LogP contribution in [0.4, 0.5) is 0 Å². The summed E-state index contributed by atoms with van der Waals surface area (Å²) in [6, 6.07) is 5.29. The van der Waals surface area contributed by atoms with Crippen molar-refractivity contribution in [1.29, 1.82) is 0 Å². The first-order valence-corrected chi connectivity index (χ1v) is 9.26. The van der Waals surface area contributed by atoms with Gasteiger partial charge in [0.2, 0.25) is 21.6 Å². The van der Waals surface area contributed by atoms with E-state index in [0.29, 0.717) is 24.9 Å². The molecular formula is C15H21ClN2O4S. The molecule has 0 aliphatic carbocycles. The van der Waals surface area contributed by atoms with Gasteiger partial charge in [-0.3, -0.25) is 9.59 Å². The lowest BCUT2D eigenvalue weighted by molar-refractivity contribution is -0.136. The zero-order chi connectivity index (χ0) is 17.5. The fourth-order valence-electron chi connectivity index (χ4n) is 2.11. The van der Waals surface area contributed by atoms with E-state index in [-0.39, 0.29) is 11.3 Å². The molecule has 1 rings (SSSR count). The maximum absolute atomic E-state index is 12.5. The Morgan fingerprint density at radius 3 is 2.48 bits per heavy atom. The molecule has 6 nitrogen and oxygen atoms in total. The monoisotopic (exact) mass is 360 g/mol. The van der Waals surface area contributed by atoms with Crippen LogP contribution in [0, 0.1) is 6.92 Å². The number of nitrogens with two attached hydrogens (primary N) is 1. The average Bonchev–Trinajstić information content (AvgIpc) is 2.52. The number of hydrogen-bond donors (Lipinski definition) is 2. The smallest absolute Gasteiger partial charge is 0.241 e. The van der Waals surface area contributed by atoms with Gasteiger partial charge in [0, 0.05) is 0 Å². The van der Waals surface area contributed by atoms with Crippen LogP contribution in [0.3, 0.4) is 0 Å². The molecule has 0 amide bonds. The molecule has 128 valence electrons. The number of sulfonamides is 1. The van der Waals surface area contributed by atoms with Crippen molar-refractivity contribution in [2.24, 2.45) is 5.73 Å². The third-order valence-electron chi connectivity index (χ3n) is 3.34. The van der Waals surface area contributed by atoms with Crippen molar-refractivity contribution in [2.45, 2.75) is 37.1 Å². The van der Waals surface area contributed by atoms with E-state index in [1.165, 1.54) is 6.07 Å². The summed E-state index contributed by atoms with van der Waals surface area (Å²) in [5, 5.41) is 0. The summed E-state index contributed by atoms with van der Waals surface area (Å²) in [4.78, 5) is 23.7. The molecule has 1 atom stereocenters. The highest BCUT2D eigenvalue weighted by molar-refractivity contribution is 7.89. The van der Waals surface area contributed by atoms with Crippen molar-refractivity contribution in [3.63, 3.8) is 0 Å². The summed E-state index contributed by atoms with van der Waals surface area (Å²) in [7, 11) is -3.91. The molecule has 0 aliphatic heterocycles. The molecule has 0 saturated carbocycles. The van der Waals surface area contributed by atoms with Gasteiger partial charge < -0.3 is 5.73 Å². The van der Waals surface area contributed by atoms with Gasteiger partial charge in [0.25, 0.3) is 0 Å². The van der Waals surface area contributed by atoms with Gasteiger partial charge in [-0.1, -0.05) is 24.6 Å². The number of alkyl halides is 1. The highest BCUT2D eigenvalue weighted by atomic mass is 35.5. The van der Waals surface area contributed by atoms with Gasteiger partial charge >= 0.3 is 0 Å². The molecule has 23 heavy (non-hydrogen) atoms. The first-order chi connectivity index (χ1) is 10.8. The van der Waals surface area contributed by atoms with Gasteiger partial charge in [-0.25, -0.2) is 13.1 Å². The number of aryl methyl sites for hydroxylation is 1. The summed E-state index contributed by atoms with van der Waals surface area (Å²) < 4.78 is 27.3. The van der Waals surface area contributed by atoms with Crippen molar-refractivity contribution in [1.82, 2.24) is 4.72 Å². The second kappa shape index (κ2) is 9.12. The Hall–Kier alpha value is -1.28. The highest BCUT2D eigenvalue weighted by Crippen LogP contribution is 2.16. The van der Waals surface area contributed by atoms with E-state index >= 15 is 0 Å². The molecule has 0 spiro atoms. The van der Waals surface area contributed by atoms with E-state index in [9.17, 15) is 18.0 Å². The molecule has 1 aromatic rings. The molecule has 1 unspecified atom stereocenters.